The molecule has 0 radical (unpaired) electrons. The summed E-state index contributed by atoms with van der Waals surface area (Å²) in [5.74, 6) is -0.584. The number of alkyl halides is 3. The van der Waals surface area contributed by atoms with Gasteiger partial charge in [0.1, 0.15) is 11.5 Å². The number of benzene rings is 2. The topological polar surface area (TPSA) is 67.9 Å². The number of carbonyl (C=O) groups is 2. The summed E-state index contributed by atoms with van der Waals surface area (Å²) in [6.07, 6.45) is -1.85. The van der Waals surface area contributed by atoms with Crippen LogP contribution in [0.25, 0.3) is 6.08 Å². The standard InChI is InChI=1S/C20H19F3N2O4/c1-25(19(27)12-5-14-3-8-16(28-2)9-4-14)13-18(26)24-15-6-10-17(11-7-15)29-20(21,22)23/h3-12H,13H2,1-2H3,(H,24,26)/b12-5+. The molecule has 2 rings (SSSR count). The van der Waals surface area contributed by atoms with Gasteiger partial charge in [0, 0.05) is 18.8 Å². The monoisotopic (exact) mass is 408 g/mol. The number of ether oxygens (including phenoxy) is 2. The minimum absolute atomic E-state index is 0.230. The molecule has 0 bridgehead atoms. The predicted octanol–water partition coefficient (Wildman–Crippen LogP) is 3.70. The highest BCUT2D eigenvalue weighted by Crippen LogP contribution is 2.23. The summed E-state index contributed by atoms with van der Waals surface area (Å²) < 4.78 is 45.2. The second-order valence-electron chi connectivity index (χ2n) is 5.92. The van der Waals surface area contributed by atoms with Crippen LogP contribution in [0.5, 0.6) is 11.5 Å². The molecular formula is C20H19F3N2O4. The van der Waals surface area contributed by atoms with Gasteiger partial charge in [0.05, 0.1) is 13.7 Å². The third kappa shape index (κ3) is 7.57. The lowest BCUT2D eigenvalue weighted by molar-refractivity contribution is -0.274. The molecule has 0 saturated carbocycles. The molecule has 0 saturated heterocycles. The zero-order valence-electron chi connectivity index (χ0n) is 15.7. The van der Waals surface area contributed by atoms with E-state index in [-0.39, 0.29) is 18.1 Å². The van der Waals surface area contributed by atoms with Crippen molar-refractivity contribution in [2.75, 3.05) is 26.0 Å². The van der Waals surface area contributed by atoms with Crippen molar-refractivity contribution >= 4 is 23.6 Å². The van der Waals surface area contributed by atoms with Crippen molar-refractivity contribution in [1.82, 2.24) is 4.90 Å². The van der Waals surface area contributed by atoms with Crippen LogP contribution in [0.4, 0.5) is 18.9 Å². The Bertz CT molecular complexity index is 863. The number of hydrogen-bond acceptors (Lipinski definition) is 4. The van der Waals surface area contributed by atoms with E-state index in [0.717, 1.165) is 17.7 Å². The maximum atomic E-state index is 12.1. The van der Waals surface area contributed by atoms with E-state index in [0.29, 0.717) is 5.75 Å². The fraction of sp³-hybridized carbons (Fsp3) is 0.200. The van der Waals surface area contributed by atoms with Crippen molar-refractivity contribution in [3.63, 3.8) is 0 Å². The summed E-state index contributed by atoms with van der Waals surface area (Å²) in [7, 11) is 3.01. The first kappa shape index (κ1) is 21.8. The number of nitrogens with one attached hydrogen (secondary N) is 1. The molecule has 0 unspecified atom stereocenters. The summed E-state index contributed by atoms with van der Waals surface area (Å²) in [5, 5.41) is 2.50. The minimum atomic E-state index is -4.78. The highest BCUT2D eigenvalue weighted by molar-refractivity contribution is 5.97. The second-order valence-corrected chi connectivity index (χ2v) is 5.92. The molecule has 9 heteroatoms. The van der Waals surface area contributed by atoms with Gasteiger partial charge >= 0.3 is 6.36 Å². The quantitative estimate of drug-likeness (QED) is 0.710. The molecule has 2 aromatic carbocycles. The van der Waals surface area contributed by atoms with Crippen molar-refractivity contribution in [1.29, 1.82) is 0 Å². The van der Waals surface area contributed by atoms with Gasteiger partial charge < -0.3 is 19.7 Å². The number of amides is 2. The number of likely N-dealkylation sites (N-methyl/N-ethyl adjacent to an activating group) is 1. The summed E-state index contributed by atoms with van der Waals surface area (Å²) in [5.41, 5.74) is 1.07. The Morgan fingerprint density at radius 2 is 1.62 bits per heavy atom. The van der Waals surface area contributed by atoms with Gasteiger partial charge in [-0.15, -0.1) is 13.2 Å². The lowest BCUT2D eigenvalue weighted by Crippen LogP contribution is -2.33. The van der Waals surface area contributed by atoms with Crippen molar-refractivity contribution in [3.8, 4) is 11.5 Å². The fourth-order valence-corrected chi connectivity index (χ4v) is 2.24. The van der Waals surface area contributed by atoms with Crippen molar-refractivity contribution in [2.45, 2.75) is 6.36 Å². The van der Waals surface area contributed by atoms with Crippen LogP contribution in [0, 0.1) is 0 Å². The first-order valence-electron chi connectivity index (χ1n) is 8.39. The van der Waals surface area contributed by atoms with E-state index in [1.165, 1.54) is 30.2 Å². The van der Waals surface area contributed by atoms with Crippen molar-refractivity contribution < 1.29 is 32.2 Å². The van der Waals surface area contributed by atoms with E-state index in [1.54, 1.807) is 37.5 Å². The molecule has 154 valence electrons. The molecule has 6 nitrogen and oxygen atoms in total. The van der Waals surface area contributed by atoms with Crippen LogP contribution in [-0.2, 0) is 9.59 Å². The van der Waals surface area contributed by atoms with Gasteiger partial charge in [-0.3, -0.25) is 9.59 Å². The van der Waals surface area contributed by atoms with E-state index in [4.69, 9.17) is 4.74 Å². The Morgan fingerprint density at radius 1 is 1.03 bits per heavy atom. The lowest BCUT2D eigenvalue weighted by Gasteiger charge is -2.15. The SMILES string of the molecule is COc1ccc(/C=C/C(=O)N(C)CC(=O)Nc2ccc(OC(F)(F)F)cc2)cc1. The molecule has 0 fully saturated rings. The average molecular weight is 408 g/mol. The Labute approximate surface area is 165 Å². The lowest BCUT2D eigenvalue weighted by atomic mass is 10.2. The van der Waals surface area contributed by atoms with Gasteiger partial charge in [-0.2, -0.15) is 0 Å². The number of nitrogens with zero attached hydrogens (tertiary/aromatic N) is 1. The third-order valence-electron chi connectivity index (χ3n) is 3.66. The Morgan fingerprint density at radius 3 is 2.17 bits per heavy atom. The fourth-order valence-electron chi connectivity index (χ4n) is 2.24. The number of hydrogen-bond donors (Lipinski definition) is 1. The smallest absolute Gasteiger partial charge is 0.497 e. The van der Waals surface area contributed by atoms with Crippen LogP contribution in [0.2, 0.25) is 0 Å². The van der Waals surface area contributed by atoms with Crippen LogP contribution < -0.4 is 14.8 Å². The molecular weight excluding hydrogens is 389 g/mol. The first-order valence-corrected chi connectivity index (χ1v) is 8.39. The minimum Gasteiger partial charge on any atom is -0.497 e. The number of carbonyl (C=O) groups excluding carboxylic acids is 2. The molecule has 0 aliphatic carbocycles. The van der Waals surface area contributed by atoms with E-state index < -0.39 is 18.0 Å². The zero-order chi connectivity index (χ0) is 21.4. The molecule has 0 aliphatic heterocycles. The summed E-state index contributed by atoms with van der Waals surface area (Å²) in [6.45, 7) is -0.230. The molecule has 0 aliphatic rings. The van der Waals surface area contributed by atoms with Crippen molar-refractivity contribution in [3.05, 3.63) is 60.2 Å². The molecule has 29 heavy (non-hydrogen) atoms. The van der Waals surface area contributed by atoms with Gasteiger partial charge in [0.15, 0.2) is 0 Å². The van der Waals surface area contributed by atoms with Crippen LogP contribution in [0.3, 0.4) is 0 Å². The third-order valence-corrected chi connectivity index (χ3v) is 3.66. The summed E-state index contributed by atoms with van der Waals surface area (Å²) in [6, 6.07) is 11.8. The van der Waals surface area contributed by atoms with E-state index in [1.807, 2.05) is 0 Å². The zero-order valence-corrected chi connectivity index (χ0v) is 15.7. The van der Waals surface area contributed by atoms with Gasteiger partial charge in [0.25, 0.3) is 0 Å². The normalized spacial score (nSPS) is 11.2. The highest BCUT2D eigenvalue weighted by Gasteiger charge is 2.30. The van der Waals surface area contributed by atoms with Crippen LogP contribution in [-0.4, -0.2) is 43.8 Å². The largest absolute Gasteiger partial charge is 0.573 e. The van der Waals surface area contributed by atoms with Gasteiger partial charge in [-0.1, -0.05) is 12.1 Å². The second kappa shape index (κ2) is 9.63. The van der Waals surface area contributed by atoms with Crippen LogP contribution in [0.1, 0.15) is 5.56 Å². The maximum Gasteiger partial charge on any atom is 0.573 e. The molecule has 2 amide bonds. The van der Waals surface area contributed by atoms with E-state index >= 15 is 0 Å². The first-order chi connectivity index (χ1) is 13.7. The van der Waals surface area contributed by atoms with E-state index in [9.17, 15) is 22.8 Å². The highest BCUT2D eigenvalue weighted by atomic mass is 19.4. The van der Waals surface area contributed by atoms with Crippen molar-refractivity contribution in [2.24, 2.45) is 0 Å². The number of halogens is 3. The average Bonchev–Trinajstić information content (AvgIpc) is 2.66. The Balaban J connectivity index is 1.85. The molecule has 0 heterocycles. The predicted molar refractivity (Wildman–Crippen MR) is 101 cm³/mol. The van der Waals surface area contributed by atoms with Gasteiger partial charge in [-0.05, 0) is 48.0 Å². The molecule has 0 spiro atoms. The van der Waals surface area contributed by atoms with Gasteiger partial charge in [-0.25, -0.2) is 0 Å². The Kier molecular flexibility index (Phi) is 7.24. The maximum absolute atomic E-state index is 12.1. The van der Waals surface area contributed by atoms with Crippen LogP contribution in [0.15, 0.2) is 54.6 Å². The summed E-state index contributed by atoms with van der Waals surface area (Å²) in [4.78, 5) is 25.4. The molecule has 0 atom stereocenters. The molecule has 2 aromatic rings. The Hall–Kier alpha value is -3.49. The molecule has 1 N–H and O–H groups in total. The van der Waals surface area contributed by atoms with Crippen LogP contribution >= 0.6 is 0 Å². The number of anilines is 1. The summed E-state index contributed by atoms with van der Waals surface area (Å²) >= 11 is 0. The van der Waals surface area contributed by atoms with Gasteiger partial charge in [0.2, 0.25) is 11.8 Å². The van der Waals surface area contributed by atoms with E-state index in [2.05, 4.69) is 10.1 Å². The number of rotatable bonds is 7. The number of methoxy groups -OCH3 is 1. The molecule has 0 aromatic heterocycles.